The fourth-order valence-electron chi connectivity index (χ4n) is 4.66. The summed E-state index contributed by atoms with van der Waals surface area (Å²) < 4.78 is 7.53. The number of hydrogen-bond donors (Lipinski definition) is 0. The van der Waals surface area contributed by atoms with Crippen molar-refractivity contribution in [1.29, 1.82) is 0 Å². The number of likely N-dealkylation sites (tertiary alicyclic amines) is 1. The van der Waals surface area contributed by atoms with Gasteiger partial charge in [-0.15, -0.1) is 0 Å². The summed E-state index contributed by atoms with van der Waals surface area (Å²) in [7, 11) is 2.08. The molecule has 2 aliphatic rings. The first-order valence-electron chi connectivity index (χ1n) is 10.2. The number of hydrogen-bond acceptors (Lipinski definition) is 5. The van der Waals surface area contributed by atoms with Gasteiger partial charge in [-0.25, -0.2) is 9.97 Å². The summed E-state index contributed by atoms with van der Waals surface area (Å²) >= 11 is 0. The number of anilines is 1. The number of imidazole rings is 1. The molecule has 2 saturated heterocycles. The molecule has 0 N–H and O–H groups in total. The van der Waals surface area contributed by atoms with Gasteiger partial charge >= 0.3 is 0 Å². The summed E-state index contributed by atoms with van der Waals surface area (Å²) in [5, 5.41) is 0. The molecule has 7 heteroatoms. The number of rotatable bonds is 4. The third kappa shape index (κ3) is 3.10. The number of aromatic nitrogens is 3. The first-order chi connectivity index (χ1) is 14.1. The second-order valence-electron chi connectivity index (χ2n) is 7.91. The molecule has 2 aromatic heterocycles. The molecule has 0 bridgehead atoms. The van der Waals surface area contributed by atoms with Crippen molar-refractivity contribution in [2.24, 2.45) is 18.9 Å². The monoisotopic (exact) mass is 391 g/mol. The number of ether oxygens (including phenoxy) is 1. The third-order valence-corrected chi connectivity index (χ3v) is 6.10. The summed E-state index contributed by atoms with van der Waals surface area (Å²) in [6.45, 7) is 5.94. The largest absolute Gasteiger partial charge is 0.478 e. The lowest BCUT2D eigenvalue weighted by molar-refractivity contribution is 0.0782. The number of para-hydroxylation sites is 2. The number of carbonyl (C=O) groups is 1. The van der Waals surface area contributed by atoms with E-state index in [9.17, 15) is 4.79 Å². The smallest absolute Gasteiger partial charge is 0.255 e. The molecule has 29 heavy (non-hydrogen) atoms. The molecule has 2 fully saturated rings. The SMILES string of the molecule is CCOc1ccc(C(=O)N2CC3CN(c4nc5ccccc5n4C)CC3C2)cn1. The Morgan fingerprint density at radius 3 is 2.52 bits per heavy atom. The minimum Gasteiger partial charge on any atom is -0.478 e. The first-order valence-corrected chi connectivity index (χ1v) is 10.2. The van der Waals surface area contributed by atoms with E-state index in [1.807, 2.05) is 24.0 Å². The fraction of sp³-hybridized carbons (Fsp3) is 0.409. The number of pyridine rings is 1. The van der Waals surface area contributed by atoms with Crippen LogP contribution in [-0.2, 0) is 7.05 Å². The molecule has 1 amide bonds. The lowest BCUT2D eigenvalue weighted by Gasteiger charge is -2.22. The number of benzene rings is 1. The molecule has 0 spiro atoms. The van der Waals surface area contributed by atoms with E-state index < -0.39 is 0 Å². The van der Waals surface area contributed by atoms with Gasteiger partial charge in [-0.05, 0) is 25.1 Å². The van der Waals surface area contributed by atoms with Crippen LogP contribution in [0.15, 0.2) is 42.6 Å². The number of nitrogens with zero attached hydrogens (tertiary/aromatic N) is 5. The highest BCUT2D eigenvalue weighted by Gasteiger charge is 2.42. The van der Waals surface area contributed by atoms with Crippen LogP contribution in [0.25, 0.3) is 11.0 Å². The molecule has 3 aromatic rings. The first kappa shape index (κ1) is 18.0. The molecule has 0 radical (unpaired) electrons. The van der Waals surface area contributed by atoms with Gasteiger partial charge in [0, 0.05) is 57.3 Å². The summed E-state index contributed by atoms with van der Waals surface area (Å²) in [5.74, 6) is 2.60. The Kier molecular flexibility index (Phi) is 4.38. The van der Waals surface area contributed by atoms with Gasteiger partial charge in [0.25, 0.3) is 5.91 Å². The molecule has 2 unspecified atom stereocenters. The minimum absolute atomic E-state index is 0.0595. The van der Waals surface area contributed by atoms with Crippen LogP contribution in [0.4, 0.5) is 5.95 Å². The Morgan fingerprint density at radius 2 is 1.86 bits per heavy atom. The molecule has 2 atom stereocenters. The highest BCUT2D eigenvalue weighted by molar-refractivity contribution is 5.94. The van der Waals surface area contributed by atoms with Crippen molar-refractivity contribution in [2.75, 3.05) is 37.7 Å². The molecule has 2 aliphatic heterocycles. The molecule has 0 aliphatic carbocycles. The Hall–Kier alpha value is -3.09. The van der Waals surface area contributed by atoms with Crippen LogP contribution in [0.1, 0.15) is 17.3 Å². The van der Waals surface area contributed by atoms with Crippen molar-refractivity contribution < 1.29 is 9.53 Å². The maximum Gasteiger partial charge on any atom is 0.255 e. The van der Waals surface area contributed by atoms with E-state index in [2.05, 4.69) is 33.6 Å². The van der Waals surface area contributed by atoms with Crippen molar-refractivity contribution in [3.63, 3.8) is 0 Å². The van der Waals surface area contributed by atoms with Crippen molar-refractivity contribution in [3.05, 3.63) is 48.2 Å². The Labute approximate surface area is 169 Å². The van der Waals surface area contributed by atoms with E-state index in [4.69, 9.17) is 9.72 Å². The highest BCUT2D eigenvalue weighted by atomic mass is 16.5. The summed E-state index contributed by atoms with van der Waals surface area (Å²) in [6.07, 6.45) is 1.62. The maximum absolute atomic E-state index is 12.9. The molecule has 7 nitrogen and oxygen atoms in total. The van der Waals surface area contributed by atoms with Crippen LogP contribution in [0.3, 0.4) is 0 Å². The topological polar surface area (TPSA) is 63.5 Å². The van der Waals surface area contributed by atoms with E-state index in [0.717, 1.165) is 43.2 Å². The summed E-state index contributed by atoms with van der Waals surface area (Å²) in [4.78, 5) is 26.3. The molecule has 0 saturated carbocycles. The number of amides is 1. The predicted octanol–water partition coefficient (Wildman–Crippen LogP) is 2.58. The van der Waals surface area contributed by atoms with Gasteiger partial charge in [-0.2, -0.15) is 0 Å². The highest BCUT2D eigenvalue weighted by Crippen LogP contribution is 2.35. The normalized spacial score (nSPS) is 21.0. The summed E-state index contributed by atoms with van der Waals surface area (Å²) in [5.41, 5.74) is 2.81. The standard InChI is InChI=1S/C22H25N5O2/c1-3-29-20-9-8-15(10-23-20)21(28)26-11-16-13-27(14-17(16)12-26)22-24-18-6-4-5-7-19(18)25(22)2/h4-10,16-17H,3,11-14H2,1-2H3. The van der Waals surface area contributed by atoms with E-state index in [1.54, 1.807) is 18.3 Å². The lowest BCUT2D eigenvalue weighted by atomic mass is 10.0. The average molecular weight is 391 g/mol. The van der Waals surface area contributed by atoms with Gasteiger partial charge < -0.3 is 19.1 Å². The van der Waals surface area contributed by atoms with E-state index in [0.29, 0.717) is 29.9 Å². The van der Waals surface area contributed by atoms with Crippen molar-refractivity contribution in [1.82, 2.24) is 19.4 Å². The zero-order valence-corrected chi connectivity index (χ0v) is 16.8. The van der Waals surface area contributed by atoms with Gasteiger partial charge in [0.2, 0.25) is 11.8 Å². The van der Waals surface area contributed by atoms with Crippen LogP contribution < -0.4 is 9.64 Å². The molecule has 150 valence electrons. The van der Waals surface area contributed by atoms with Crippen molar-refractivity contribution in [3.8, 4) is 5.88 Å². The maximum atomic E-state index is 12.9. The van der Waals surface area contributed by atoms with Gasteiger partial charge in [0.05, 0.1) is 23.2 Å². The quantitative estimate of drug-likeness (QED) is 0.684. The van der Waals surface area contributed by atoms with Gasteiger partial charge in [-0.1, -0.05) is 12.1 Å². The van der Waals surface area contributed by atoms with Crippen LogP contribution in [0.2, 0.25) is 0 Å². The number of aryl methyl sites for hydroxylation is 1. The van der Waals surface area contributed by atoms with Gasteiger partial charge in [0.1, 0.15) is 0 Å². The Balaban J connectivity index is 1.27. The minimum atomic E-state index is 0.0595. The number of carbonyl (C=O) groups excluding carboxylic acids is 1. The second kappa shape index (κ2) is 7.06. The van der Waals surface area contributed by atoms with E-state index in [1.165, 1.54) is 0 Å². The van der Waals surface area contributed by atoms with Crippen molar-refractivity contribution >= 4 is 22.9 Å². The van der Waals surface area contributed by atoms with Crippen LogP contribution >= 0.6 is 0 Å². The van der Waals surface area contributed by atoms with Gasteiger partial charge in [0.15, 0.2) is 0 Å². The molecule has 1 aromatic carbocycles. The van der Waals surface area contributed by atoms with Gasteiger partial charge in [-0.3, -0.25) is 4.79 Å². The van der Waals surface area contributed by atoms with E-state index >= 15 is 0 Å². The fourth-order valence-corrected chi connectivity index (χ4v) is 4.66. The number of fused-ring (bicyclic) bond motifs is 2. The lowest BCUT2D eigenvalue weighted by Crippen LogP contribution is -2.34. The Morgan fingerprint density at radius 1 is 1.10 bits per heavy atom. The molecule has 4 heterocycles. The van der Waals surface area contributed by atoms with E-state index in [-0.39, 0.29) is 5.91 Å². The van der Waals surface area contributed by atoms with Crippen LogP contribution in [0.5, 0.6) is 5.88 Å². The van der Waals surface area contributed by atoms with Crippen molar-refractivity contribution in [2.45, 2.75) is 6.92 Å². The zero-order chi connectivity index (χ0) is 20.0. The molecular weight excluding hydrogens is 366 g/mol. The second-order valence-corrected chi connectivity index (χ2v) is 7.91. The Bertz CT molecular complexity index is 1030. The molecular formula is C22H25N5O2. The average Bonchev–Trinajstić information content (AvgIpc) is 3.40. The molecule has 5 rings (SSSR count). The predicted molar refractivity (Wildman–Crippen MR) is 111 cm³/mol. The van der Waals surface area contributed by atoms with Crippen LogP contribution in [0, 0.1) is 11.8 Å². The summed E-state index contributed by atoms with van der Waals surface area (Å²) in [6, 6.07) is 11.8. The van der Waals surface area contributed by atoms with Crippen LogP contribution in [-0.4, -0.2) is 58.1 Å². The third-order valence-electron chi connectivity index (χ3n) is 6.10. The zero-order valence-electron chi connectivity index (χ0n) is 16.8.